The number of hydrogen-bond donors (Lipinski definition) is 2. The van der Waals surface area contributed by atoms with Crippen LogP contribution in [0.5, 0.6) is 0 Å². The second-order valence-corrected chi connectivity index (χ2v) is 6.86. The number of esters is 1. The molecule has 2 heterocycles. The van der Waals surface area contributed by atoms with Gasteiger partial charge in [0.1, 0.15) is 0 Å². The second kappa shape index (κ2) is 8.00. The molecule has 9 heteroatoms. The molecule has 27 heavy (non-hydrogen) atoms. The zero-order valence-corrected chi connectivity index (χ0v) is 15.6. The normalized spacial score (nSPS) is 10.6. The number of aryl methyl sites for hydroxylation is 2. The predicted octanol–water partition coefficient (Wildman–Crippen LogP) is 2.45. The van der Waals surface area contributed by atoms with E-state index < -0.39 is 24.5 Å². The number of aromatic nitrogens is 2. The van der Waals surface area contributed by atoms with E-state index in [2.05, 4.69) is 15.6 Å². The molecule has 0 saturated carbocycles. The highest BCUT2D eigenvalue weighted by Gasteiger charge is 2.14. The third-order valence-electron chi connectivity index (χ3n) is 3.72. The Balaban J connectivity index is 1.43. The van der Waals surface area contributed by atoms with E-state index >= 15 is 0 Å². The summed E-state index contributed by atoms with van der Waals surface area (Å²) < 4.78 is 6.70. The van der Waals surface area contributed by atoms with Gasteiger partial charge in [-0.3, -0.25) is 19.3 Å². The SMILES string of the molecule is Cc1ccc(NC(=O)NC(=O)COC(=O)Cc2cn3ccsc3n2)c(C)c1. The molecule has 0 radical (unpaired) electrons. The predicted molar refractivity (Wildman–Crippen MR) is 101 cm³/mol. The van der Waals surface area contributed by atoms with Crippen LogP contribution in [-0.4, -0.2) is 33.9 Å². The molecule has 0 aliphatic rings. The average molecular weight is 386 g/mol. The smallest absolute Gasteiger partial charge is 0.325 e. The lowest BCUT2D eigenvalue weighted by Gasteiger charge is -2.10. The summed E-state index contributed by atoms with van der Waals surface area (Å²) in [5.74, 6) is -1.30. The van der Waals surface area contributed by atoms with E-state index in [1.165, 1.54) is 11.3 Å². The van der Waals surface area contributed by atoms with Crippen LogP contribution >= 0.6 is 11.3 Å². The Bertz CT molecular complexity index is 979. The van der Waals surface area contributed by atoms with Crippen LogP contribution in [-0.2, 0) is 20.7 Å². The van der Waals surface area contributed by atoms with Crippen molar-refractivity contribution in [3.8, 4) is 0 Å². The lowest BCUT2D eigenvalue weighted by Crippen LogP contribution is -2.37. The Morgan fingerprint density at radius 3 is 2.81 bits per heavy atom. The number of nitrogens with one attached hydrogen (secondary N) is 2. The fraction of sp³-hybridized carbons (Fsp3) is 0.222. The van der Waals surface area contributed by atoms with Gasteiger partial charge in [0, 0.05) is 23.5 Å². The van der Waals surface area contributed by atoms with Gasteiger partial charge in [0.15, 0.2) is 11.6 Å². The molecule has 140 valence electrons. The number of imide groups is 1. The van der Waals surface area contributed by atoms with E-state index in [4.69, 9.17) is 4.74 Å². The van der Waals surface area contributed by atoms with Crippen LogP contribution in [0.4, 0.5) is 10.5 Å². The van der Waals surface area contributed by atoms with Gasteiger partial charge in [-0.2, -0.15) is 0 Å². The van der Waals surface area contributed by atoms with E-state index in [1.807, 2.05) is 37.6 Å². The van der Waals surface area contributed by atoms with Crippen molar-refractivity contribution >= 4 is 39.9 Å². The molecule has 3 aromatic rings. The Morgan fingerprint density at radius 2 is 2.07 bits per heavy atom. The fourth-order valence-electron chi connectivity index (χ4n) is 2.48. The number of rotatable bonds is 5. The molecular formula is C18H18N4O4S. The Hall–Kier alpha value is -3.20. The minimum atomic E-state index is -0.712. The van der Waals surface area contributed by atoms with E-state index in [1.54, 1.807) is 16.7 Å². The van der Waals surface area contributed by atoms with Crippen molar-refractivity contribution in [3.05, 3.63) is 52.8 Å². The maximum atomic E-state index is 11.9. The number of benzene rings is 1. The first kappa shape index (κ1) is 18.6. The lowest BCUT2D eigenvalue weighted by molar-refractivity contribution is -0.147. The number of carbonyl (C=O) groups is 3. The number of anilines is 1. The van der Waals surface area contributed by atoms with Gasteiger partial charge < -0.3 is 10.1 Å². The van der Waals surface area contributed by atoms with Gasteiger partial charge in [-0.25, -0.2) is 9.78 Å². The number of carbonyl (C=O) groups excluding carboxylic acids is 3. The van der Waals surface area contributed by atoms with Crippen molar-refractivity contribution in [3.63, 3.8) is 0 Å². The summed E-state index contributed by atoms with van der Waals surface area (Å²) in [7, 11) is 0. The van der Waals surface area contributed by atoms with Crippen molar-refractivity contribution < 1.29 is 19.1 Å². The number of urea groups is 1. The molecule has 3 rings (SSSR count). The first-order valence-electron chi connectivity index (χ1n) is 8.15. The summed E-state index contributed by atoms with van der Waals surface area (Å²) in [5, 5.41) is 6.59. The van der Waals surface area contributed by atoms with Gasteiger partial charge in [0.25, 0.3) is 5.91 Å². The van der Waals surface area contributed by atoms with Crippen molar-refractivity contribution in [2.75, 3.05) is 11.9 Å². The highest BCUT2D eigenvalue weighted by molar-refractivity contribution is 7.15. The maximum Gasteiger partial charge on any atom is 0.325 e. The molecule has 3 amide bonds. The molecule has 1 aromatic carbocycles. The van der Waals surface area contributed by atoms with Crippen LogP contribution in [0.25, 0.3) is 4.96 Å². The number of ether oxygens (including phenoxy) is 1. The number of hydrogen-bond acceptors (Lipinski definition) is 6. The largest absolute Gasteiger partial charge is 0.455 e. The van der Waals surface area contributed by atoms with Gasteiger partial charge in [0.05, 0.1) is 12.1 Å². The zero-order chi connectivity index (χ0) is 19.4. The van der Waals surface area contributed by atoms with Gasteiger partial charge in [-0.1, -0.05) is 17.7 Å². The van der Waals surface area contributed by atoms with Crippen LogP contribution in [0.15, 0.2) is 36.0 Å². The maximum absolute atomic E-state index is 11.9. The Labute approximate surface area is 159 Å². The zero-order valence-electron chi connectivity index (χ0n) is 14.8. The Morgan fingerprint density at radius 1 is 1.26 bits per heavy atom. The third-order valence-corrected chi connectivity index (χ3v) is 4.49. The van der Waals surface area contributed by atoms with E-state index in [0.29, 0.717) is 11.4 Å². The van der Waals surface area contributed by atoms with Gasteiger partial charge in [-0.05, 0) is 25.5 Å². The summed E-state index contributed by atoms with van der Waals surface area (Å²) in [6.45, 7) is 3.26. The number of nitrogens with zero attached hydrogens (tertiary/aromatic N) is 2. The summed E-state index contributed by atoms with van der Waals surface area (Å²) in [6.07, 6.45) is 3.52. The van der Waals surface area contributed by atoms with Crippen LogP contribution in [0.1, 0.15) is 16.8 Å². The quantitative estimate of drug-likeness (QED) is 0.656. The van der Waals surface area contributed by atoms with Crippen molar-refractivity contribution in [1.82, 2.24) is 14.7 Å². The van der Waals surface area contributed by atoms with E-state index in [-0.39, 0.29) is 6.42 Å². The third kappa shape index (κ3) is 4.91. The highest BCUT2D eigenvalue weighted by Crippen LogP contribution is 2.15. The topological polar surface area (TPSA) is 102 Å². The number of thiazole rings is 1. The average Bonchev–Trinajstić information content (AvgIpc) is 3.17. The molecule has 8 nitrogen and oxygen atoms in total. The molecular weight excluding hydrogens is 368 g/mol. The minimum Gasteiger partial charge on any atom is -0.455 e. The first-order chi connectivity index (χ1) is 12.9. The molecule has 0 saturated heterocycles. The van der Waals surface area contributed by atoms with Crippen LogP contribution < -0.4 is 10.6 Å². The molecule has 2 aromatic heterocycles. The first-order valence-corrected chi connectivity index (χ1v) is 9.03. The summed E-state index contributed by atoms with van der Waals surface area (Å²) in [5.41, 5.74) is 3.10. The molecule has 0 unspecified atom stereocenters. The second-order valence-electron chi connectivity index (χ2n) is 5.98. The fourth-order valence-corrected chi connectivity index (χ4v) is 3.20. The highest BCUT2D eigenvalue weighted by atomic mass is 32.1. The molecule has 2 N–H and O–H groups in total. The van der Waals surface area contributed by atoms with Crippen LogP contribution in [0.3, 0.4) is 0 Å². The number of fused-ring (bicyclic) bond motifs is 1. The van der Waals surface area contributed by atoms with Gasteiger partial charge in [0.2, 0.25) is 0 Å². The van der Waals surface area contributed by atoms with Crippen molar-refractivity contribution in [1.29, 1.82) is 0 Å². The molecule has 0 spiro atoms. The molecule has 0 aliphatic heterocycles. The monoisotopic (exact) mass is 386 g/mol. The molecule has 0 bridgehead atoms. The summed E-state index contributed by atoms with van der Waals surface area (Å²) in [4.78, 5) is 40.5. The van der Waals surface area contributed by atoms with Gasteiger partial charge >= 0.3 is 12.0 Å². The molecule has 0 aliphatic carbocycles. The summed E-state index contributed by atoms with van der Waals surface area (Å²) >= 11 is 1.45. The van der Waals surface area contributed by atoms with E-state index in [9.17, 15) is 14.4 Å². The minimum absolute atomic E-state index is 0.0452. The van der Waals surface area contributed by atoms with Crippen LogP contribution in [0.2, 0.25) is 0 Å². The number of amides is 3. The van der Waals surface area contributed by atoms with Crippen LogP contribution in [0, 0.1) is 13.8 Å². The van der Waals surface area contributed by atoms with E-state index in [0.717, 1.165) is 16.1 Å². The Kier molecular flexibility index (Phi) is 5.51. The van der Waals surface area contributed by atoms with Crippen molar-refractivity contribution in [2.24, 2.45) is 0 Å². The van der Waals surface area contributed by atoms with Gasteiger partial charge in [-0.15, -0.1) is 11.3 Å². The molecule has 0 fully saturated rings. The number of imidazole rings is 1. The van der Waals surface area contributed by atoms with Crippen molar-refractivity contribution in [2.45, 2.75) is 20.3 Å². The molecule has 0 atom stereocenters. The summed E-state index contributed by atoms with van der Waals surface area (Å²) in [6, 6.07) is 4.84. The standard InChI is InChI=1S/C18H18N4O4S/c1-11-3-4-14(12(2)7-11)20-17(25)21-15(23)10-26-16(24)8-13-9-22-5-6-27-18(22)19-13/h3-7,9H,8,10H2,1-2H3,(H2,20,21,23,25). The lowest BCUT2D eigenvalue weighted by atomic mass is 10.1.